The van der Waals surface area contributed by atoms with E-state index in [0.717, 1.165) is 19.0 Å². The van der Waals surface area contributed by atoms with Crippen molar-refractivity contribution in [2.24, 2.45) is 0 Å². The van der Waals surface area contributed by atoms with Gasteiger partial charge in [0, 0.05) is 25.2 Å². The zero-order valence-electron chi connectivity index (χ0n) is 9.88. The summed E-state index contributed by atoms with van der Waals surface area (Å²) in [4.78, 5) is 16.3. The Balaban J connectivity index is 2.22. The Bertz CT molecular complexity index is 624. The Kier molecular flexibility index (Phi) is 4.76. The first-order valence-electron chi connectivity index (χ1n) is 5.35. The van der Waals surface area contributed by atoms with Crippen molar-refractivity contribution >= 4 is 59.5 Å². The first-order valence-corrected chi connectivity index (χ1v) is 7.73. The number of amides is 1. The number of aromatic nitrogens is 1. The van der Waals surface area contributed by atoms with Crippen LogP contribution in [0.3, 0.4) is 0 Å². The van der Waals surface area contributed by atoms with Crippen LogP contribution in [0.4, 0.5) is 5.82 Å². The topological polar surface area (TPSA) is 42.0 Å². The molecule has 0 unspecified atom stereocenters. The van der Waals surface area contributed by atoms with Gasteiger partial charge in [-0.2, -0.15) is 0 Å². The minimum absolute atomic E-state index is 0.198. The van der Waals surface area contributed by atoms with E-state index < -0.39 is 0 Å². The van der Waals surface area contributed by atoms with Crippen LogP contribution in [0, 0.1) is 6.92 Å². The average Bonchev–Trinajstić information content (AvgIpc) is 2.32. The molecule has 2 aromatic rings. The Labute approximate surface area is 136 Å². The molecule has 0 aliphatic rings. The normalized spacial score (nSPS) is 10.3. The predicted molar refractivity (Wildman–Crippen MR) is 86.5 cm³/mol. The summed E-state index contributed by atoms with van der Waals surface area (Å²) in [6.07, 6.45) is 1.67. The molecule has 0 bridgehead atoms. The molecule has 0 spiro atoms. The van der Waals surface area contributed by atoms with E-state index in [-0.39, 0.29) is 5.91 Å². The highest BCUT2D eigenvalue weighted by atomic mass is 79.9. The van der Waals surface area contributed by atoms with E-state index in [4.69, 9.17) is 0 Å². The van der Waals surface area contributed by atoms with Crippen LogP contribution in [0.2, 0.25) is 0 Å². The van der Waals surface area contributed by atoms with Gasteiger partial charge in [0.15, 0.2) is 0 Å². The second-order valence-corrected chi connectivity index (χ2v) is 6.62. The molecule has 1 aromatic carbocycles. The van der Waals surface area contributed by atoms with Crippen molar-refractivity contribution in [1.29, 1.82) is 0 Å². The fourth-order valence-corrected chi connectivity index (χ4v) is 2.99. The summed E-state index contributed by atoms with van der Waals surface area (Å²) < 4.78 is 2.59. The highest BCUT2D eigenvalue weighted by Gasteiger charge is 2.09. The number of carbonyl (C=O) groups excluding carboxylic acids is 1. The van der Waals surface area contributed by atoms with E-state index in [1.165, 1.54) is 0 Å². The van der Waals surface area contributed by atoms with Gasteiger partial charge in [-0.05, 0) is 52.7 Å². The Morgan fingerprint density at radius 3 is 2.32 bits per heavy atom. The maximum absolute atomic E-state index is 12.1. The van der Waals surface area contributed by atoms with E-state index in [1.807, 2.05) is 19.1 Å². The molecule has 19 heavy (non-hydrogen) atoms. The van der Waals surface area contributed by atoms with Crippen molar-refractivity contribution in [3.8, 4) is 0 Å². The van der Waals surface area contributed by atoms with Gasteiger partial charge in [0.05, 0.1) is 0 Å². The summed E-state index contributed by atoms with van der Waals surface area (Å²) in [5.41, 5.74) is 1.57. The lowest BCUT2D eigenvalue weighted by Crippen LogP contribution is -2.13. The van der Waals surface area contributed by atoms with Gasteiger partial charge in [0.2, 0.25) is 0 Å². The van der Waals surface area contributed by atoms with Crippen molar-refractivity contribution in [1.82, 2.24) is 4.98 Å². The molecular weight excluding hydrogens is 440 g/mol. The van der Waals surface area contributed by atoms with E-state index in [9.17, 15) is 4.79 Å². The van der Waals surface area contributed by atoms with Gasteiger partial charge in [0.25, 0.3) is 5.91 Å². The van der Waals surface area contributed by atoms with Crippen LogP contribution in [0.1, 0.15) is 15.9 Å². The van der Waals surface area contributed by atoms with Gasteiger partial charge in [-0.25, -0.2) is 4.98 Å². The molecule has 1 amide bonds. The lowest BCUT2D eigenvalue weighted by molar-refractivity contribution is 0.102. The monoisotopic (exact) mass is 446 g/mol. The van der Waals surface area contributed by atoms with Gasteiger partial charge < -0.3 is 5.32 Å². The average molecular weight is 449 g/mol. The van der Waals surface area contributed by atoms with E-state index in [1.54, 1.807) is 18.3 Å². The molecule has 0 atom stereocenters. The summed E-state index contributed by atoms with van der Waals surface area (Å²) in [7, 11) is 0. The molecule has 1 N–H and O–H groups in total. The number of nitrogens with zero attached hydrogens (tertiary/aromatic N) is 1. The van der Waals surface area contributed by atoms with Crippen LogP contribution in [0.5, 0.6) is 0 Å². The van der Waals surface area contributed by atoms with Crippen LogP contribution in [0.15, 0.2) is 43.9 Å². The molecule has 2 rings (SSSR count). The third kappa shape index (κ3) is 3.87. The number of rotatable bonds is 2. The molecule has 0 aliphatic carbocycles. The lowest BCUT2D eigenvalue weighted by atomic mass is 10.2. The van der Waals surface area contributed by atoms with Crippen molar-refractivity contribution in [2.45, 2.75) is 6.92 Å². The molecule has 0 saturated heterocycles. The lowest BCUT2D eigenvalue weighted by Gasteiger charge is -2.07. The predicted octanol–water partition coefficient (Wildman–Crippen LogP) is 4.93. The number of anilines is 1. The van der Waals surface area contributed by atoms with Crippen molar-refractivity contribution in [2.75, 3.05) is 5.32 Å². The van der Waals surface area contributed by atoms with Crippen LogP contribution >= 0.6 is 47.8 Å². The molecule has 98 valence electrons. The third-order valence-electron chi connectivity index (χ3n) is 2.41. The van der Waals surface area contributed by atoms with Crippen LogP contribution in [-0.2, 0) is 0 Å². The molecule has 0 radical (unpaired) electrons. The molecule has 1 heterocycles. The molecule has 3 nitrogen and oxygen atoms in total. The number of pyridine rings is 1. The van der Waals surface area contributed by atoms with E-state index >= 15 is 0 Å². The van der Waals surface area contributed by atoms with Crippen LogP contribution in [0.25, 0.3) is 0 Å². The fourth-order valence-electron chi connectivity index (χ4n) is 1.48. The van der Waals surface area contributed by atoms with Gasteiger partial charge in [-0.15, -0.1) is 0 Å². The largest absolute Gasteiger partial charge is 0.307 e. The maximum Gasteiger partial charge on any atom is 0.256 e. The quantitative estimate of drug-likeness (QED) is 0.707. The molecule has 6 heteroatoms. The second-order valence-electron chi connectivity index (χ2n) is 3.93. The number of benzene rings is 1. The highest BCUT2D eigenvalue weighted by Crippen LogP contribution is 2.21. The van der Waals surface area contributed by atoms with E-state index in [0.29, 0.717) is 11.4 Å². The minimum Gasteiger partial charge on any atom is -0.307 e. The number of carbonyl (C=O) groups is 1. The molecule has 1 aromatic heterocycles. The SMILES string of the molecule is Cc1cc(NC(=O)c2cc(Br)cc(Br)c2)ncc1Br. The first-order chi connectivity index (χ1) is 8.95. The second kappa shape index (κ2) is 6.15. The van der Waals surface area contributed by atoms with Crippen molar-refractivity contribution in [3.63, 3.8) is 0 Å². The highest BCUT2D eigenvalue weighted by molar-refractivity contribution is 9.11. The zero-order chi connectivity index (χ0) is 14.0. The molecule has 0 fully saturated rings. The number of hydrogen-bond acceptors (Lipinski definition) is 2. The Morgan fingerprint density at radius 2 is 1.74 bits per heavy atom. The van der Waals surface area contributed by atoms with E-state index in [2.05, 4.69) is 58.1 Å². The van der Waals surface area contributed by atoms with Gasteiger partial charge in [-0.1, -0.05) is 31.9 Å². The molecule has 0 saturated carbocycles. The van der Waals surface area contributed by atoms with Crippen LogP contribution in [-0.4, -0.2) is 10.9 Å². The van der Waals surface area contributed by atoms with Crippen molar-refractivity contribution in [3.05, 3.63) is 55.0 Å². The summed E-state index contributed by atoms with van der Waals surface area (Å²) in [5, 5.41) is 2.77. The summed E-state index contributed by atoms with van der Waals surface area (Å²) in [6.45, 7) is 1.94. The van der Waals surface area contributed by atoms with Gasteiger partial charge in [-0.3, -0.25) is 4.79 Å². The Morgan fingerprint density at radius 1 is 1.11 bits per heavy atom. The minimum atomic E-state index is -0.198. The zero-order valence-corrected chi connectivity index (χ0v) is 14.6. The van der Waals surface area contributed by atoms with Gasteiger partial charge >= 0.3 is 0 Å². The van der Waals surface area contributed by atoms with Gasteiger partial charge in [0.1, 0.15) is 5.82 Å². The summed E-state index contributed by atoms with van der Waals surface area (Å²) in [5.74, 6) is 0.332. The smallest absolute Gasteiger partial charge is 0.256 e. The first kappa shape index (κ1) is 14.7. The van der Waals surface area contributed by atoms with Crippen molar-refractivity contribution < 1.29 is 4.79 Å². The fraction of sp³-hybridized carbons (Fsp3) is 0.0769. The summed E-state index contributed by atoms with van der Waals surface area (Å²) >= 11 is 10.1. The maximum atomic E-state index is 12.1. The number of nitrogens with one attached hydrogen (secondary N) is 1. The molecule has 0 aliphatic heterocycles. The number of aryl methyl sites for hydroxylation is 1. The number of hydrogen-bond donors (Lipinski definition) is 1. The van der Waals surface area contributed by atoms with Crippen LogP contribution < -0.4 is 5.32 Å². The Hall–Kier alpha value is -0.720. The summed E-state index contributed by atoms with van der Waals surface area (Å²) in [6, 6.07) is 7.20. The third-order valence-corrected chi connectivity index (χ3v) is 4.16. The standard InChI is InChI=1S/C13H9Br3N2O/c1-7-2-12(17-6-11(7)16)18-13(19)8-3-9(14)5-10(15)4-8/h2-6H,1H3,(H,17,18,19). The number of halogens is 3. The molecular formula is C13H9Br3N2O.